The van der Waals surface area contributed by atoms with E-state index >= 15 is 0 Å². The van der Waals surface area contributed by atoms with Crippen molar-refractivity contribution in [2.45, 2.75) is 143 Å². The van der Waals surface area contributed by atoms with Crippen molar-refractivity contribution in [3.05, 3.63) is 83.5 Å². The summed E-state index contributed by atoms with van der Waals surface area (Å²) in [5.74, 6) is -0.945. The number of unbranched alkanes of at least 4 members (excludes halogenated alkanes) is 11. The third-order valence-electron chi connectivity index (χ3n) is 10.1. The van der Waals surface area contributed by atoms with E-state index in [4.69, 9.17) is 9.47 Å². The number of benzene rings is 1. The topological polar surface area (TPSA) is 99.1 Å². The number of nitrogens with one attached hydrogen (secondary N) is 1. The van der Waals surface area contributed by atoms with Gasteiger partial charge in [0.15, 0.2) is 0 Å². The number of esters is 2. The fourth-order valence-corrected chi connectivity index (χ4v) is 6.73. The van der Waals surface area contributed by atoms with Crippen molar-refractivity contribution in [2.75, 3.05) is 6.61 Å². The molecule has 0 spiro atoms. The molecule has 276 valence electrons. The number of allylic oxidation sites excluding steroid dienone is 2. The lowest BCUT2D eigenvalue weighted by molar-refractivity contribution is -0.156. The molecule has 0 aliphatic rings. The summed E-state index contributed by atoms with van der Waals surface area (Å²) in [6, 6.07) is 6.13. The molecule has 0 bridgehead atoms. The molecule has 3 atom stereocenters. The molecule has 1 aromatic carbocycles. The second-order valence-corrected chi connectivity index (χ2v) is 14.0. The van der Waals surface area contributed by atoms with Crippen molar-refractivity contribution in [1.82, 2.24) is 19.5 Å². The molecule has 2 aromatic heterocycles. The lowest BCUT2D eigenvalue weighted by atomic mass is 9.87. The largest absolute Gasteiger partial charge is 0.465 e. The number of nitrogens with zero attached hydrogens (tertiary/aromatic N) is 3. The van der Waals surface area contributed by atoms with Crippen LogP contribution in [-0.2, 0) is 39.1 Å². The van der Waals surface area contributed by atoms with Gasteiger partial charge < -0.3 is 19.0 Å². The minimum Gasteiger partial charge on any atom is -0.465 e. The molecule has 3 aromatic rings. The molecule has 8 heteroatoms. The molecule has 0 aliphatic heterocycles. The molecule has 50 heavy (non-hydrogen) atoms. The van der Waals surface area contributed by atoms with E-state index < -0.39 is 5.92 Å². The van der Waals surface area contributed by atoms with Crippen molar-refractivity contribution in [3.8, 4) is 0 Å². The van der Waals surface area contributed by atoms with Gasteiger partial charge in [-0.15, -0.1) is 0 Å². The number of H-pyrrole nitrogens is 1. The number of carbonyl (C=O) groups is 2. The van der Waals surface area contributed by atoms with Crippen LogP contribution in [0.3, 0.4) is 0 Å². The van der Waals surface area contributed by atoms with E-state index in [9.17, 15) is 9.59 Å². The van der Waals surface area contributed by atoms with Crippen molar-refractivity contribution in [3.63, 3.8) is 0 Å². The van der Waals surface area contributed by atoms with Crippen molar-refractivity contribution in [2.24, 2.45) is 18.9 Å². The van der Waals surface area contributed by atoms with Gasteiger partial charge in [0.2, 0.25) is 0 Å². The van der Waals surface area contributed by atoms with Gasteiger partial charge in [0.25, 0.3) is 0 Å². The number of aryl methyl sites for hydroxylation is 1. The molecule has 1 unspecified atom stereocenters. The third-order valence-corrected chi connectivity index (χ3v) is 10.1. The third kappa shape index (κ3) is 14.3. The van der Waals surface area contributed by atoms with Crippen LogP contribution in [0.5, 0.6) is 0 Å². The van der Waals surface area contributed by atoms with Crippen LogP contribution in [0.2, 0.25) is 0 Å². The van der Waals surface area contributed by atoms with Gasteiger partial charge in [0, 0.05) is 49.1 Å². The van der Waals surface area contributed by atoms with Gasteiger partial charge in [-0.2, -0.15) is 0 Å². The molecule has 0 saturated carbocycles. The van der Waals surface area contributed by atoms with Crippen LogP contribution in [0.4, 0.5) is 0 Å². The summed E-state index contributed by atoms with van der Waals surface area (Å²) in [4.78, 5) is 38.0. The van der Waals surface area contributed by atoms with Crippen LogP contribution in [0.15, 0.2) is 55.4 Å². The Morgan fingerprint density at radius 2 is 1.60 bits per heavy atom. The predicted octanol–water partition coefficient (Wildman–Crippen LogP) is 10.1. The molecule has 0 saturated heterocycles. The minimum atomic E-state index is -0.412. The summed E-state index contributed by atoms with van der Waals surface area (Å²) in [6.45, 7) is 8.84. The van der Waals surface area contributed by atoms with E-state index in [1.807, 2.05) is 43.1 Å². The van der Waals surface area contributed by atoms with Gasteiger partial charge in [0.1, 0.15) is 6.61 Å². The molecule has 1 N–H and O–H groups in total. The van der Waals surface area contributed by atoms with Gasteiger partial charge in [0.05, 0.1) is 25.2 Å². The minimum absolute atomic E-state index is 0.140. The van der Waals surface area contributed by atoms with E-state index in [0.29, 0.717) is 19.3 Å². The summed E-state index contributed by atoms with van der Waals surface area (Å²) in [5.41, 5.74) is 5.28. The lowest BCUT2D eigenvalue weighted by Gasteiger charge is -2.25. The van der Waals surface area contributed by atoms with Crippen molar-refractivity contribution < 1.29 is 19.1 Å². The maximum atomic E-state index is 13.6. The van der Waals surface area contributed by atoms with E-state index in [1.54, 1.807) is 12.7 Å². The Morgan fingerprint density at radius 3 is 2.24 bits per heavy atom. The van der Waals surface area contributed by atoms with Crippen LogP contribution in [0.25, 0.3) is 0 Å². The number of carbonyl (C=O) groups excluding carboxylic acids is 2. The number of hydrogen-bond donors (Lipinski definition) is 1. The Hall–Kier alpha value is -3.68. The molecule has 0 amide bonds. The maximum absolute atomic E-state index is 13.6. The zero-order chi connectivity index (χ0) is 36.0. The van der Waals surface area contributed by atoms with Gasteiger partial charge in [-0.3, -0.25) is 9.59 Å². The van der Waals surface area contributed by atoms with Gasteiger partial charge >= 0.3 is 11.9 Å². The number of imidazole rings is 2. The first-order chi connectivity index (χ1) is 24.3. The Bertz CT molecular complexity index is 1400. The molecular weight excluding hydrogens is 624 g/mol. The van der Waals surface area contributed by atoms with E-state index in [1.165, 1.54) is 63.4 Å². The fraction of sp³-hybridized carbons (Fsp3) is 0.619. The highest BCUT2D eigenvalue weighted by molar-refractivity contribution is 5.73. The highest BCUT2D eigenvalue weighted by Crippen LogP contribution is 2.28. The van der Waals surface area contributed by atoms with Gasteiger partial charge in [-0.25, -0.2) is 9.97 Å². The number of hydrogen-bond acceptors (Lipinski definition) is 6. The molecule has 0 radical (unpaired) electrons. The van der Waals surface area contributed by atoms with Crippen LogP contribution < -0.4 is 0 Å². The first kappa shape index (κ1) is 40.7. The average molecular weight is 689 g/mol. The normalized spacial score (nSPS) is 13.4. The van der Waals surface area contributed by atoms with Crippen LogP contribution >= 0.6 is 0 Å². The molecule has 2 heterocycles. The second kappa shape index (κ2) is 23.7. The lowest BCUT2D eigenvalue weighted by Crippen LogP contribution is -2.31. The summed E-state index contributed by atoms with van der Waals surface area (Å²) in [7, 11) is 1.94. The molecule has 8 nitrogen and oxygen atoms in total. The van der Waals surface area contributed by atoms with Crippen molar-refractivity contribution >= 4 is 11.9 Å². The number of rotatable bonds is 26. The summed E-state index contributed by atoms with van der Waals surface area (Å²) in [5, 5.41) is 0. The standard InChI is InChI=1S/C42H64N4O4/c1-6-8-9-10-11-12-13-14-15-16-17-18-19-20-21-25-41(47)49-30-36(26-37-27-44-32-46(37)5)38(7-2)42(48)50-29-35-23-22-24-39(33(35)3)34(4)40-28-43-31-45-40/h14-15,22-24,27-28,31-32,34,36,38H,6-13,16-21,25-26,29-30H2,1-5H3,(H,43,45)/b15-14-/t34-,36-,38?/m0/s1. The SMILES string of the molecule is CCCCCCCC/C=C\CCCCCCCC(=O)OC[C@H](Cc1cncn1C)C(CC)C(=O)OCc1cccc([C@H](C)c2cnc[nH]2)c1C. The Morgan fingerprint density at radius 1 is 0.900 bits per heavy atom. The zero-order valence-corrected chi connectivity index (χ0v) is 31.6. The number of aromatic nitrogens is 4. The van der Waals surface area contributed by atoms with E-state index in [-0.39, 0.29) is 37.0 Å². The first-order valence-electron chi connectivity index (χ1n) is 19.3. The molecule has 0 fully saturated rings. The first-order valence-corrected chi connectivity index (χ1v) is 19.3. The number of aromatic amines is 1. The number of ether oxygens (including phenoxy) is 2. The maximum Gasteiger partial charge on any atom is 0.309 e. The fourth-order valence-electron chi connectivity index (χ4n) is 6.73. The quantitative estimate of drug-likeness (QED) is 0.0512. The second-order valence-electron chi connectivity index (χ2n) is 14.0. The molecule has 0 aliphatic carbocycles. The van der Waals surface area contributed by atoms with Gasteiger partial charge in [-0.05, 0) is 68.6 Å². The van der Waals surface area contributed by atoms with Crippen molar-refractivity contribution in [1.29, 1.82) is 0 Å². The van der Waals surface area contributed by atoms with Crippen LogP contribution in [0, 0.1) is 18.8 Å². The summed E-state index contributed by atoms with van der Waals surface area (Å²) in [6.07, 6.45) is 29.2. The highest BCUT2D eigenvalue weighted by Gasteiger charge is 2.31. The average Bonchev–Trinajstić information content (AvgIpc) is 3.80. The molecular formula is C42H64N4O4. The Kier molecular flexibility index (Phi) is 19.3. The summed E-state index contributed by atoms with van der Waals surface area (Å²) >= 11 is 0. The van der Waals surface area contributed by atoms with Gasteiger partial charge in [-0.1, -0.05) is 102 Å². The highest BCUT2D eigenvalue weighted by atomic mass is 16.5. The smallest absolute Gasteiger partial charge is 0.309 e. The van der Waals surface area contributed by atoms with Crippen LogP contribution in [-0.4, -0.2) is 38.1 Å². The Balaban J connectivity index is 1.43. The van der Waals surface area contributed by atoms with E-state index in [2.05, 4.69) is 53.9 Å². The Labute approximate surface area is 301 Å². The monoisotopic (exact) mass is 688 g/mol. The molecule has 3 rings (SSSR count). The zero-order valence-electron chi connectivity index (χ0n) is 31.6. The van der Waals surface area contributed by atoms with Crippen LogP contribution in [0.1, 0.15) is 151 Å². The predicted molar refractivity (Wildman–Crippen MR) is 202 cm³/mol. The summed E-state index contributed by atoms with van der Waals surface area (Å²) < 4.78 is 13.7. The van der Waals surface area contributed by atoms with E-state index in [0.717, 1.165) is 48.2 Å².